The molecule has 0 amide bonds. The molecule has 0 heterocycles. The van der Waals surface area contributed by atoms with Crippen molar-refractivity contribution in [3.8, 4) is 0 Å². The van der Waals surface area contributed by atoms with Crippen LogP contribution in [0.25, 0.3) is 0 Å². The third kappa shape index (κ3) is 3.01. The summed E-state index contributed by atoms with van der Waals surface area (Å²) in [6, 6.07) is 11.0. The first kappa shape index (κ1) is 14.5. The lowest BCUT2D eigenvalue weighted by Gasteiger charge is -2.47. The summed E-state index contributed by atoms with van der Waals surface area (Å²) in [5, 5.41) is 0. The van der Waals surface area contributed by atoms with Gasteiger partial charge in [0, 0.05) is 18.6 Å². The minimum atomic E-state index is -0.0702. The van der Waals surface area contributed by atoms with Gasteiger partial charge in [0.25, 0.3) is 0 Å². The molecule has 1 aliphatic rings. The molecule has 0 aliphatic heterocycles. The van der Waals surface area contributed by atoms with E-state index in [1.807, 2.05) is 0 Å². The van der Waals surface area contributed by atoms with Gasteiger partial charge in [0.05, 0.1) is 5.60 Å². The quantitative estimate of drug-likeness (QED) is 0.848. The van der Waals surface area contributed by atoms with Crippen molar-refractivity contribution in [3.05, 3.63) is 35.9 Å². The van der Waals surface area contributed by atoms with Crippen LogP contribution in [-0.2, 0) is 10.2 Å². The van der Waals surface area contributed by atoms with Crippen molar-refractivity contribution in [2.75, 3.05) is 7.11 Å². The number of hydrogen-bond acceptors (Lipinski definition) is 2. The van der Waals surface area contributed by atoms with Crippen molar-refractivity contribution in [1.82, 2.24) is 0 Å². The Morgan fingerprint density at radius 1 is 1.26 bits per heavy atom. The third-order valence-corrected chi connectivity index (χ3v) is 4.91. The fourth-order valence-electron chi connectivity index (χ4n) is 3.08. The SMILES string of the molecule is COC(C)(C)CCC(N)C1(c2ccccc2)CCC1. The Morgan fingerprint density at radius 2 is 1.89 bits per heavy atom. The van der Waals surface area contributed by atoms with Crippen molar-refractivity contribution in [1.29, 1.82) is 0 Å². The van der Waals surface area contributed by atoms with Crippen LogP contribution in [0.2, 0.25) is 0 Å². The molecule has 1 aromatic rings. The summed E-state index contributed by atoms with van der Waals surface area (Å²) < 4.78 is 5.50. The van der Waals surface area contributed by atoms with Crippen LogP contribution in [0.4, 0.5) is 0 Å². The summed E-state index contributed by atoms with van der Waals surface area (Å²) >= 11 is 0. The van der Waals surface area contributed by atoms with Crippen LogP contribution < -0.4 is 5.73 Å². The number of ether oxygens (including phenoxy) is 1. The molecular formula is C17H27NO. The highest BCUT2D eigenvalue weighted by Gasteiger charge is 2.43. The number of benzene rings is 1. The van der Waals surface area contributed by atoms with E-state index in [2.05, 4.69) is 44.2 Å². The van der Waals surface area contributed by atoms with Gasteiger partial charge in [-0.05, 0) is 45.1 Å². The maximum absolute atomic E-state index is 6.55. The molecule has 2 heteroatoms. The molecule has 1 saturated carbocycles. The Hall–Kier alpha value is -0.860. The second-order valence-electron chi connectivity index (χ2n) is 6.48. The molecular weight excluding hydrogens is 234 g/mol. The molecule has 0 saturated heterocycles. The smallest absolute Gasteiger partial charge is 0.0623 e. The van der Waals surface area contributed by atoms with Crippen molar-refractivity contribution >= 4 is 0 Å². The van der Waals surface area contributed by atoms with Crippen molar-refractivity contribution in [2.45, 2.75) is 63.0 Å². The molecule has 2 N–H and O–H groups in total. The van der Waals surface area contributed by atoms with E-state index in [-0.39, 0.29) is 17.1 Å². The zero-order valence-electron chi connectivity index (χ0n) is 12.5. The molecule has 1 fully saturated rings. The highest BCUT2D eigenvalue weighted by molar-refractivity contribution is 5.30. The van der Waals surface area contributed by atoms with E-state index in [1.165, 1.54) is 24.8 Å². The van der Waals surface area contributed by atoms with Crippen LogP contribution in [0, 0.1) is 0 Å². The maximum Gasteiger partial charge on any atom is 0.0623 e. The van der Waals surface area contributed by atoms with E-state index < -0.39 is 0 Å². The predicted octanol–water partition coefficient (Wildman–Crippen LogP) is 3.64. The van der Waals surface area contributed by atoms with Crippen molar-refractivity contribution in [3.63, 3.8) is 0 Å². The first-order chi connectivity index (χ1) is 9.00. The Balaban J connectivity index is 2.06. The van der Waals surface area contributed by atoms with E-state index in [0.717, 1.165) is 12.8 Å². The van der Waals surface area contributed by atoms with Crippen LogP contribution >= 0.6 is 0 Å². The monoisotopic (exact) mass is 261 g/mol. The number of hydrogen-bond donors (Lipinski definition) is 1. The summed E-state index contributed by atoms with van der Waals surface area (Å²) in [7, 11) is 1.78. The molecule has 0 bridgehead atoms. The first-order valence-electron chi connectivity index (χ1n) is 7.36. The summed E-state index contributed by atoms with van der Waals surface area (Å²) in [4.78, 5) is 0. The lowest BCUT2D eigenvalue weighted by atomic mass is 9.59. The van der Waals surface area contributed by atoms with Gasteiger partial charge in [0.2, 0.25) is 0 Å². The van der Waals surface area contributed by atoms with Crippen LogP contribution in [0.5, 0.6) is 0 Å². The van der Waals surface area contributed by atoms with Crippen LogP contribution in [0.15, 0.2) is 30.3 Å². The van der Waals surface area contributed by atoms with E-state index in [9.17, 15) is 0 Å². The van der Waals surface area contributed by atoms with Crippen LogP contribution in [0.1, 0.15) is 51.5 Å². The summed E-state index contributed by atoms with van der Waals surface area (Å²) in [6.07, 6.45) is 5.79. The van der Waals surface area contributed by atoms with Crippen molar-refractivity contribution in [2.24, 2.45) is 5.73 Å². The minimum Gasteiger partial charge on any atom is -0.379 e. The zero-order chi connectivity index (χ0) is 13.9. The van der Waals surface area contributed by atoms with Crippen LogP contribution in [-0.4, -0.2) is 18.8 Å². The van der Waals surface area contributed by atoms with E-state index >= 15 is 0 Å². The van der Waals surface area contributed by atoms with Gasteiger partial charge in [-0.1, -0.05) is 36.8 Å². The average Bonchev–Trinajstić information content (AvgIpc) is 2.37. The van der Waals surface area contributed by atoms with Crippen LogP contribution in [0.3, 0.4) is 0 Å². The zero-order valence-corrected chi connectivity index (χ0v) is 12.5. The molecule has 1 atom stereocenters. The molecule has 0 radical (unpaired) electrons. The standard InChI is InChI=1S/C17H27NO/c1-16(2,19-3)13-10-15(18)17(11-7-12-17)14-8-5-4-6-9-14/h4-6,8-9,15H,7,10-13,18H2,1-3H3. The number of rotatable bonds is 6. The number of methoxy groups -OCH3 is 1. The van der Waals surface area contributed by atoms with E-state index in [4.69, 9.17) is 10.5 Å². The molecule has 106 valence electrons. The predicted molar refractivity (Wildman–Crippen MR) is 80.3 cm³/mol. The largest absolute Gasteiger partial charge is 0.379 e. The highest BCUT2D eigenvalue weighted by Crippen LogP contribution is 2.47. The third-order valence-electron chi connectivity index (χ3n) is 4.91. The fourth-order valence-corrected chi connectivity index (χ4v) is 3.08. The molecule has 0 aromatic heterocycles. The molecule has 1 unspecified atom stereocenters. The Kier molecular flexibility index (Phi) is 4.32. The topological polar surface area (TPSA) is 35.2 Å². The summed E-state index contributed by atoms with van der Waals surface area (Å²) in [5.41, 5.74) is 8.12. The first-order valence-corrected chi connectivity index (χ1v) is 7.36. The Bertz CT molecular complexity index is 395. The normalized spacial score (nSPS) is 19.8. The Morgan fingerprint density at radius 3 is 2.37 bits per heavy atom. The van der Waals surface area contributed by atoms with Gasteiger partial charge >= 0.3 is 0 Å². The van der Waals surface area contributed by atoms with Gasteiger partial charge in [-0.2, -0.15) is 0 Å². The van der Waals surface area contributed by atoms with Gasteiger partial charge in [-0.3, -0.25) is 0 Å². The molecule has 2 rings (SSSR count). The second kappa shape index (κ2) is 5.64. The fraction of sp³-hybridized carbons (Fsp3) is 0.647. The van der Waals surface area contributed by atoms with Gasteiger partial charge < -0.3 is 10.5 Å². The maximum atomic E-state index is 6.55. The average molecular weight is 261 g/mol. The lowest BCUT2D eigenvalue weighted by molar-refractivity contribution is 0.00869. The second-order valence-corrected chi connectivity index (χ2v) is 6.48. The van der Waals surface area contributed by atoms with Gasteiger partial charge in [0.1, 0.15) is 0 Å². The number of nitrogens with two attached hydrogens (primary N) is 1. The lowest BCUT2D eigenvalue weighted by Crippen LogP contribution is -2.51. The van der Waals surface area contributed by atoms with Gasteiger partial charge in [-0.15, -0.1) is 0 Å². The summed E-state index contributed by atoms with van der Waals surface area (Å²) in [5.74, 6) is 0. The van der Waals surface area contributed by atoms with E-state index in [0.29, 0.717) is 0 Å². The molecule has 1 aliphatic carbocycles. The summed E-state index contributed by atoms with van der Waals surface area (Å²) in [6.45, 7) is 4.27. The highest BCUT2D eigenvalue weighted by atomic mass is 16.5. The van der Waals surface area contributed by atoms with Gasteiger partial charge in [0.15, 0.2) is 0 Å². The molecule has 0 spiro atoms. The molecule has 2 nitrogen and oxygen atoms in total. The minimum absolute atomic E-state index is 0.0702. The van der Waals surface area contributed by atoms with E-state index in [1.54, 1.807) is 7.11 Å². The van der Waals surface area contributed by atoms with Crippen molar-refractivity contribution < 1.29 is 4.74 Å². The molecule has 1 aromatic carbocycles. The molecule has 19 heavy (non-hydrogen) atoms. The van der Waals surface area contributed by atoms with Gasteiger partial charge in [-0.25, -0.2) is 0 Å². The Labute approximate surface area is 117 Å².